The number of ether oxygens (including phenoxy) is 1. The first-order valence-corrected chi connectivity index (χ1v) is 5.98. The van der Waals surface area contributed by atoms with E-state index < -0.39 is 5.91 Å². The smallest absolute Gasteiger partial charge is 0.307 e. The number of allylic oxidation sites excluding steroid dienone is 1. The van der Waals surface area contributed by atoms with Gasteiger partial charge in [-0.15, -0.1) is 0 Å². The molecular formula is C15H14N2O3. The summed E-state index contributed by atoms with van der Waals surface area (Å²) in [7, 11) is 1.62. The van der Waals surface area contributed by atoms with Crippen molar-refractivity contribution < 1.29 is 13.9 Å². The van der Waals surface area contributed by atoms with Gasteiger partial charge in [-0.05, 0) is 30.4 Å². The van der Waals surface area contributed by atoms with Crippen molar-refractivity contribution >= 4 is 18.2 Å². The Labute approximate surface area is 116 Å². The molecule has 1 amide bonds. The Bertz CT molecular complexity index is 616. The molecule has 1 aromatic carbocycles. The summed E-state index contributed by atoms with van der Waals surface area (Å²) in [6.45, 7) is 0. The number of benzene rings is 1. The van der Waals surface area contributed by atoms with Crippen LogP contribution in [0.1, 0.15) is 16.1 Å². The molecule has 0 saturated heterocycles. The number of methoxy groups -OCH3 is 1. The van der Waals surface area contributed by atoms with Crippen molar-refractivity contribution in [1.29, 1.82) is 0 Å². The highest BCUT2D eigenvalue weighted by Crippen LogP contribution is 2.18. The molecule has 102 valence electrons. The SMILES string of the molecule is COc1ccccc1C=CC=NNC(=O)c1ccco1. The van der Waals surface area contributed by atoms with Gasteiger partial charge in [0, 0.05) is 11.8 Å². The minimum atomic E-state index is -0.392. The fourth-order valence-electron chi connectivity index (χ4n) is 1.55. The van der Waals surface area contributed by atoms with E-state index in [4.69, 9.17) is 9.15 Å². The second kappa shape index (κ2) is 6.94. The monoisotopic (exact) mass is 270 g/mol. The van der Waals surface area contributed by atoms with Crippen molar-refractivity contribution in [3.63, 3.8) is 0 Å². The van der Waals surface area contributed by atoms with Gasteiger partial charge < -0.3 is 9.15 Å². The van der Waals surface area contributed by atoms with Gasteiger partial charge in [-0.25, -0.2) is 5.43 Å². The molecule has 20 heavy (non-hydrogen) atoms. The third-order valence-corrected chi connectivity index (χ3v) is 2.49. The molecule has 0 radical (unpaired) electrons. The largest absolute Gasteiger partial charge is 0.496 e. The van der Waals surface area contributed by atoms with Crippen molar-refractivity contribution in [2.75, 3.05) is 7.11 Å². The van der Waals surface area contributed by atoms with Crippen LogP contribution in [0, 0.1) is 0 Å². The van der Waals surface area contributed by atoms with Crippen LogP contribution in [0.5, 0.6) is 5.75 Å². The topological polar surface area (TPSA) is 63.8 Å². The number of para-hydroxylation sites is 1. The highest BCUT2D eigenvalue weighted by molar-refractivity contribution is 5.92. The number of nitrogens with zero attached hydrogens (tertiary/aromatic N) is 1. The number of hydrogen-bond acceptors (Lipinski definition) is 4. The number of amides is 1. The first-order chi connectivity index (χ1) is 9.81. The van der Waals surface area contributed by atoms with Crippen LogP contribution < -0.4 is 10.2 Å². The second-order valence-corrected chi connectivity index (χ2v) is 3.80. The molecule has 0 aliphatic rings. The van der Waals surface area contributed by atoms with Gasteiger partial charge in [0.2, 0.25) is 0 Å². The van der Waals surface area contributed by atoms with Crippen molar-refractivity contribution in [2.45, 2.75) is 0 Å². The molecule has 1 heterocycles. The Morgan fingerprint density at radius 2 is 2.15 bits per heavy atom. The number of hydrazone groups is 1. The average molecular weight is 270 g/mol. The predicted octanol–water partition coefficient (Wildman–Crippen LogP) is 2.72. The van der Waals surface area contributed by atoms with E-state index in [2.05, 4.69) is 10.5 Å². The molecule has 2 aromatic rings. The van der Waals surface area contributed by atoms with E-state index in [0.717, 1.165) is 11.3 Å². The third kappa shape index (κ3) is 3.58. The third-order valence-electron chi connectivity index (χ3n) is 2.49. The van der Waals surface area contributed by atoms with E-state index in [1.807, 2.05) is 30.3 Å². The maximum absolute atomic E-state index is 11.5. The molecule has 1 aromatic heterocycles. The summed E-state index contributed by atoms with van der Waals surface area (Å²) in [5.74, 6) is 0.601. The lowest BCUT2D eigenvalue weighted by atomic mass is 10.2. The zero-order chi connectivity index (χ0) is 14.2. The Morgan fingerprint density at radius 3 is 2.90 bits per heavy atom. The zero-order valence-corrected chi connectivity index (χ0v) is 10.9. The second-order valence-electron chi connectivity index (χ2n) is 3.80. The molecule has 0 spiro atoms. The predicted molar refractivity (Wildman–Crippen MR) is 76.7 cm³/mol. The number of nitrogens with one attached hydrogen (secondary N) is 1. The molecule has 0 aliphatic heterocycles. The van der Waals surface area contributed by atoms with Gasteiger partial charge in [0.25, 0.3) is 0 Å². The molecule has 0 atom stereocenters. The first kappa shape index (κ1) is 13.6. The summed E-state index contributed by atoms with van der Waals surface area (Å²) in [6, 6.07) is 10.8. The van der Waals surface area contributed by atoms with Crippen LogP contribution >= 0.6 is 0 Å². The van der Waals surface area contributed by atoms with Crippen LogP contribution in [-0.2, 0) is 0 Å². The fraction of sp³-hybridized carbons (Fsp3) is 0.0667. The highest BCUT2D eigenvalue weighted by Gasteiger charge is 2.05. The first-order valence-electron chi connectivity index (χ1n) is 5.98. The van der Waals surface area contributed by atoms with Crippen LogP contribution in [0.4, 0.5) is 0 Å². The maximum Gasteiger partial charge on any atom is 0.307 e. The minimum absolute atomic E-state index is 0.218. The Balaban J connectivity index is 1.90. The number of rotatable bonds is 5. The number of hydrogen-bond donors (Lipinski definition) is 1. The summed E-state index contributed by atoms with van der Waals surface area (Å²) in [4.78, 5) is 11.5. The summed E-state index contributed by atoms with van der Waals surface area (Å²) in [5, 5.41) is 3.79. The van der Waals surface area contributed by atoms with E-state index in [0.29, 0.717) is 0 Å². The van der Waals surface area contributed by atoms with E-state index in [9.17, 15) is 4.79 Å². The van der Waals surface area contributed by atoms with Crippen LogP contribution in [-0.4, -0.2) is 19.2 Å². The number of furan rings is 1. The highest BCUT2D eigenvalue weighted by atomic mass is 16.5. The average Bonchev–Trinajstić information content (AvgIpc) is 3.01. The standard InChI is InChI=1S/C15H14N2O3/c1-19-13-8-3-2-6-12(13)7-4-10-16-17-15(18)14-9-5-11-20-14/h2-11H,1H3,(H,17,18). The van der Waals surface area contributed by atoms with E-state index in [1.54, 1.807) is 25.3 Å². The summed E-state index contributed by atoms with van der Waals surface area (Å²) >= 11 is 0. The lowest BCUT2D eigenvalue weighted by molar-refractivity contribution is 0.0927. The Kier molecular flexibility index (Phi) is 4.72. The summed E-state index contributed by atoms with van der Waals surface area (Å²) in [5.41, 5.74) is 3.28. The number of carbonyl (C=O) groups is 1. The normalized spacial score (nSPS) is 11.1. The van der Waals surface area contributed by atoms with E-state index >= 15 is 0 Å². The zero-order valence-electron chi connectivity index (χ0n) is 10.9. The van der Waals surface area contributed by atoms with Gasteiger partial charge in [0.1, 0.15) is 5.75 Å². The summed E-state index contributed by atoms with van der Waals surface area (Å²) in [6.07, 6.45) is 6.45. The van der Waals surface area contributed by atoms with Crippen LogP contribution in [0.3, 0.4) is 0 Å². The lowest BCUT2D eigenvalue weighted by Crippen LogP contribution is -2.16. The maximum atomic E-state index is 11.5. The van der Waals surface area contributed by atoms with Crippen molar-refractivity contribution in [2.24, 2.45) is 5.10 Å². The lowest BCUT2D eigenvalue weighted by Gasteiger charge is -2.02. The van der Waals surface area contributed by atoms with Crippen molar-refractivity contribution in [3.8, 4) is 5.75 Å². The van der Waals surface area contributed by atoms with Gasteiger partial charge in [-0.1, -0.05) is 18.2 Å². The van der Waals surface area contributed by atoms with Crippen molar-refractivity contribution in [3.05, 3.63) is 60.1 Å². The van der Waals surface area contributed by atoms with Crippen LogP contribution in [0.2, 0.25) is 0 Å². The molecule has 0 bridgehead atoms. The Hall–Kier alpha value is -2.82. The van der Waals surface area contributed by atoms with Crippen LogP contribution in [0.25, 0.3) is 6.08 Å². The van der Waals surface area contributed by atoms with Gasteiger partial charge >= 0.3 is 5.91 Å². The van der Waals surface area contributed by atoms with Gasteiger partial charge in [-0.3, -0.25) is 4.79 Å². The van der Waals surface area contributed by atoms with Gasteiger partial charge in [0.05, 0.1) is 13.4 Å². The molecule has 0 aliphatic carbocycles. The van der Waals surface area contributed by atoms with Gasteiger partial charge in [0.15, 0.2) is 5.76 Å². The number of carbonyl (C=O) groups excluding carboxylic acids is 1. The quantitative estimate of drug-likeness (QED) is 0.671. The van der Waals surface area contributed by atoms with Gasteiger partial charge in [-0.2, -0.15) is 5.10 Å². The molecule has 0 fully saturated rings. The molecule has 0 saturated carbocycles. The molecule has 2 rings (SSSR count). The molecule has 5 nitrogen and oxygen atoms in total. The van der Waals surface area contributed by atoms with Crippen LogP contribution in [0.15, 0.2) is 58.3 Å². The van der Waals surface area contributed by atoms with Crippen molar-refractivity contribution in [1.82, 2.24) is 5.43 Å². The Morgan fingerprint density at radius 1 is 1.30 bits per heavy atom. The summed E-state index contributed by atoms with van der Waals surface area (Å²) < 4.78 is 10.1. The fourth-order valence-corrected chi connectivity index (χ4v) is 1.55. The van der Waals surface area contributed by atoms with E-state index in [1.165, 1.54) is 12.5 Å². The molecular weight excluding hydrogens is 256 g/mol. The minimum Gasteiger partial charge on any atom is -0.496 e. The molecule has 5 heteroatoms. The molecule has 1 N–H and O–H groups in total. The molecule has 0 unspecified atom stereocenters. The van der Waals surface area contributed by atoms with E-state index in [-0.39, 0.29) is 5.76 Å².